The van der Waals surface area contributed by atoms with Gasteiger partial charge in [-0.25, -0.2) is 9.78 Å². The van der Waals surface area contributed by atoms with Crippen molar-refractivity contribution in [1.82, 2.24) is 9.97 Å². The van der Waals surface area contributed by atoms with E-state index in [2.05, 4.69) is 16.9 Å². The minimum atomic E-state index is -0.372. The summed E-state index contributed by atoms with van der Waals surface area (Å²) in [5.41, 5.74) is 0.285. The van der Waals surface area contributed by atoms with Crippen LogP contribution in [0.25, 0.3) is 0 Å². The summed E-state index contributed by atoms with van der Waals surface area (Å²) in [6.45, 7) is 2.75. The van der Waals surface area contributed by atoms with Gasteiger partial charge in [0, 0.05) is 12.4 Å². The van der Waals surface area contributed by atoms with E-state index in [0.717, 1.165) is 12.8 Å². The molecule has 0 saturated heterocycles. The Morgan fingerprint density at radius 1 is 0.800 bits per heavy atom. The number of rotatable bonds is 16. The first kappa shape index (κ1) is 21.6. The number of nitrogens with zero attached hydrogens (tertiary/aromatic N) is 2. The van der Waals surface area contributed by atoms with Gasteiger partial charge in [0.1, 0.15) is 0 Å². The predicted molar refractivity (Wildman–Crippen MR) is 103 cm³/mol. The fraction of sp³-hybridized carbons (Fsp3) is 0.762. The van der Waals surface area contributed by atoms with E-state index in [-0.39, 0.29) is 11.7 Å². The van der Waals surface area contributed by atoms with Crippen LogP contribution in [0.2, 0.25) is 0 Å². The van der Waals surface area contributed by atoms with E-state index < -0.39 is 0 Å². The van der Waals surface area contributed by atoms with E-state index in [1.54, 1.807) is 6.20 Å². The highest BCUT2D eigenvalue weighted by Gasteiger charge is 2.07. The van der Waals surface area contributed by atoms with Gasteiger partial charge in [-0.1, -0.05) is 90.4 Å². The highest BCUT2D eigenvalue weighted by Crippen LogP contribution is 2.13. The molecule has 0 aliphatic heterocycles. The molecular formula is C21H36N2O2. The van der Waals surface area contributed by atoms with Crippen LogP contribution in [-0.2, 0) is 4.74 Å². The number of hydrogen-bond acceptors (Lipinski definition) is 4. The number of esters is 1. The molecule has 0 aromatic carbocycles. The van der Waals surface area contributed by atoms with Crippen LogP contribution < -0.4 is 0 Å². The largest absolute Gasteiger partial charge is 0.461 e. The molecule has 0 aliphatic carbocycles. The molecule has 1 aromatic rings. The van der Waals surface area contributed by atoms with Crippen LogP contribution >= 0.6 is 0 Å². The lowest BCUT2D eigenvalue weighted by Gasteiger charge is -2.04. The van der Waals surface area contributed by atoms with Crippen molar-refractivity contribution < 1.29 is 9.53 Å². The Morgan fingerprint density at radius 3 is 1.80 bits per heavy atom. The first-order valence-corrected chi connectivity index (χ1v) is 10.3. The molecule has 4 heteroatoms. The summed E-state index contributed by atoms with van der Waals surface area (Å²) >= 11 is 0. The van der Waals surface area contributed by atoms with Crippen LogP contribution in [0.3, 0.4) is 0 Å². The standard InChI is InChI=1S/C21H36N2O2/c1-2-3-4-5-6-7-8-9-10-11-12-13-14-15-18-25-21(24)20-19-22-16-17-23-20/h16-17,19H,2-15,18H2,1H3. The van der Waals surface area contributed by atoms with Crippen molar-refractivity contribution in [3.05, 3.63) is 24.3 Å². The van der Waals surface area contributed by atoms with Gasteiger partial charge in [-0.2, -0.15) is 0 Å². The number of carbonyl (C=O) groups excluding carboxylic acids is 1. The van der Waals surface area contributed by atoms with Crippen molar-refractivity contribution in [1.29, 1.82) is 0 Å². The van der Waals surface area contributed by atoms with Gasteiger partial charge in [0.05, 0.1) is 12.8 Å². The molecule has 4 nitrogen and oxygen atoms in total. The van der Waals surface area contributed by atoms with Crippen molar-refractivity contribution in [3.63, 3.8) is 0 Å². The van der Waals surface area contributed by atoms with E-state index in [4.69, 9.17) is 4.74 Å². The first-order chi connectivity index (χ1) is 12.3. The molecule has 0 unspecified atom stereocenters. The summed E-state index contributed by atoms with van der Waals surface area (Å²) in [6.07, 6.45) is 23.0. The Kier molecular flexibility index (Phi) is 13.9. The zero-order valence-electron chi connectivity index (χ0n) is 16.0. The Bertz CT molecular complexity index is 423. The average Bonchev–Trinajstić information content (AvgIpc) is 2.65. The zero-order chi connectivity index (χ0) is 18.0. The maximum atomic E-state index is 11.7. The van der Waals surface area contributed by atoms with Crippen LogP contribution in [-0.4, -0.2) is 22.5 Å². The third-order valence-electron chi connectivity index (χ3n) is 4.50. The molecule has 142 valence electrons. The van der Waals surface area contributed by atoms with Gasteiger partial charge in [0.25, 0.3) is 0 Å². The van der Waals surface area contributed by atoms with Crippen molar-refractivity contribution in [2.75, 3.05) is 6.61 Å². The number of carbonyl (C=O) groups is 1. The third kappa shape index (κ3) is 12.5. The topological polar surface area (TPSA) is 52.1 Å². The number of hydrogen-bond donors (Lipinski definition) is 0. The van der Waals surface area contributed by atoms with Crippen molar-refractivity contribution >= 4 is 5.97 Å². The second-order valence-electron chi connectivity index (χ2n) is 6.82. The second-order valence-corrected chi connectivity index (χ2v) is 6.82. The Balaban J connectivity index is 1.78. The zero-order valence-corrected chi connectivity index (χ0v) is 16.0. The smallest absolute Gasteiger partial charge is 0.358 e. The Hall–Kier alpha value is -1.45. The molecule has 0 atom stereocenters. The molecule has 0 aliphatic rings. The fourth-order valence-electron chi connectivity index (χ4n) is 2.94. The molecule has 0 bridgehead atoms. The van der Waals surface area contributed by atoms with Crippen LogP contribution in [0.15, 0.2) is 18.6 Å². The maximum absolute atomic E-state index is 11.7. The highest BCUT2D eigenvalue weighted by atomic mass is 16.5. The minimum absolute atomic E-state index is 0.285. The maximum Gasteiger partial charge on any atom is 0.358 e. The molecule has 0 saturated carbocycles. The van der Waals surface area contributed by atoms with E-state index >= 15 is 0 Å². The van der Waals surface area contributed by atoms with E-state index in [9.17, 15) is 4.79 Å². The first-order valence-electron chi connectivity index (χ1n) is 10.3. The van der Waals surface area contributed by atoms with Gasteiger partial charge in [-0.05, 0) is 6.42 Å². The quantitative estimate of drug-likeness (QED) is 0.267. The van der Waals surface area contributed by atoms with Gasteiger partial charge in [0.2, 0.25) is 0 Å². The summed E-state index contributed by atoms with van der Waals surface area (Å²) in [5, 5.41) is 0. The van der Waals surface area contributed by atoms with Crippen molar-refractivity contribution in [2.45, 2.75) is 96.8 Å². The van der Waals surface area contributed by atoms with Gasteiger partial charge in [-0.15, -0.1) is 0 Å². The summed E-state index contributed by atoms with van der Waals surface area (Å²) in [5.74, 6) is -0.372. The van der Waals surface area contributed by atoms with E-state index in [1.807, 2.05) is 0 Å². The Labute approximate surface area is 153 Å². The third-order valence-corrected chi connectivity index (χ3v) is 4.50. The fourth-order valence-corrected chi connectivity index (χ4v) is 2.94. The van der Waals surface area contributed by atoms with Gasteiger partial charge < -0.3 is 4.74 Å². The van der Waals surface area contributed by atoms with Crippen LogP contribution in [0.4, 0.5) is 0 Å². The lowest BCUT2D eigenvalue weighted by Crippen LogP contribution is -2.08. The average molecular weight is 349 g/mol. The van der Waals surface area contributed by atoms with Gasteiger partial charge in [0.15, 0.2) is 5.69 Å². The van der Waals surface area contributed by atoms with Crippen LogP contribution in [0, 0.1) is 0 Å². The van der Waals surface area contributed by atoms with Gasteiger partial charge >= 0.3 is 5.97 Å². The molecule has 25 heavy (non-hydrogen) atoms. The number of ether oxygens (including phenoxy) is 1. The molecular weight excluding hydrogens is 312 g/mol. The summed E-state index contributed by atoms with van der Waals surface area (Å²) in [6, 6.07) is 0. The summed E-state index contributed by atoms with van der Waals surface area (Å²) < 4.78 is 5.19. The monoisotopic (exact) mass is 348 g/mol. The highest BCUT2D eigenvalue weighted by molar-refractivity contribution is 5.86. The van der Waals surface area contributed by atoms with Crippen LogP contribution in [0.5, 0.6) is 0 Å². The van der Waals surface area contributed by atoms with Crippen molar-refractivity contribution in [2.24, 2.45) is 0 Å². The van der Waals surface area contributed by atoms with E-state index in [1.165, 1.54) is 89.4 Å². The molecule has 0 N–H and O–H groups in total. The molecule has 0 spiro atoms. The summed E-state index contributed by atoms with van der Waals surface area (Å²) in [7, 11) is 0. The number of unbranched alkanes of at least 4 members (excludes halogenated alkanes) is 13. The Morgan fingerprint density at radius 2 is 1.32 bits per heavy atom. The molecule has 0 fully saturated rings. The lowest BCUT2D eigenvalue weighted by molar-refractivity contribution is 0.0490. The van der Waals surface area contributed by atoms with Crippen LogP contribution in [0.1, 0.15) is 107 Å². The minimum Gasteiger partial charge on any atom is -0.461 e. The second kappa shape index (κ2) is 16.0. The normalized spacial score (nSPS) is 10.8. The lowest BCUT2D eigenvalue weighted by atomic mass is 10.0. The summed E-state index contributed by atoms with van der Waals surface area (Å²) in [4.78, 5) is 19.4. The SMILES string of the molecule is CCCCCCCCCCCCCCCCOC(=O)c1cnccn1. The molecule has 1 rings (SSSR count). The van der Waals surface area contributed by atoms with Crippen molar-refractivity contribution in [3.8, 4) is 0 Å². The molecule has 1 heterocycles. The number of aromatic nitrogens is 2. The molecule has 0 amide bonds. The predicted octanol–water partition coefficient (Wildman–Crippen LogP) is 6.11. The van der Waals surface area contributed by atoms with Gasteiger partial charge in [-0.3, -0.25) is 4.98 Å². The molecule has 0 radical (unpaired) electrons. The van der Waals surface area contributed by atoms with E-state index in [0.29, 0.717) is 6.61 Å². The molecule has 1 aromatic heterocycles.